The summed E-state index contributed by atoms with van der Waals surface area (Å²) in [6, 6.07) is 4.82. The molecule has 5 heteroatoms. The van der Waals surface area contributed by atoms with Crippen LogP contribution in [-0.4, -0.2) is 17.1 Å². The van der Waals surface area contributed by atoms with E-state index < -0.39 is 5.97 Å². The highest BCUT2D eigenvalue weighted by atomic mass is 79.9. The lowest BCUT2D eigenvalue weighted by Gasteiger charge is -2.08. The lowest BCUT2D eigenvalue weighted by molar-refractivity contribution is -0.131. The Balaban J connectivity index is 3.06. The first-order chi connectivity index (χ1) is 7.58. The number of carbonyl (C=O) groups is 2. The molecule has 0 aliphatic carbocycles. The molecule has 0 spiro atoms. The van der Waals surface area contributed by atoms with Crippen molar-refractivity contribution < 1.29 is 14.3 Å². The van der Waals surface area contributed by atoms with Gasteiger partial charge in [0.05, 0.1) is 11.2 Å². The predicted molar refractivity (Wildman–Crippen MR) is 65.4 cm³/mol. The number of hydrogen-bond acceptors (Lipinski definition) is 3. The van der Waals surface area contributed by atoms with Gasteiger partial charge >= 0.3 is 5.97 Å². The molecule has 0 bridgehead atoms. The summed E-state index contributed by atoms with van der Waals surface area (Å²) >= 11 is 8.81. The van der Waals surface area contributed by atoms with E-state index in [4.69, 9.17) is 16.3 Å². The van der Waals surface area contributed by atoms with Crippen molar-refractivity contribution in [2.75, 3.05) is 5.33 Å². The third-order valence-corrected chi connectivity index (χ3v) is 2.70. The molecule has 86 valence electrons. The predicted octanol–water partition coefficient (Wildman–Crippen LogP) is 2.93. The van der Waals surface area contributed by atoms with E-state index in [1.54, 1.807) is 18.2 Å². The number of benzene rings is 1. The summed E-state index contributed by atoms with van der Waals surface area (Å²) in [5.41, 5.74) is 1.17. The summed E-state index contributed by atoms with van der Waals surface area (Å²) in [6.07, 6.45) is 0. The standard InChI is InChI=1S/C11H10BrClO3/c1-7(14)16-11-3-2-8(10(15)5-12)4-9(11)6-13/h2-4H,5-6H2,1H3. The van der Waals surface area contributed by atoms with Crippen LogP contribution in [0.5, 0.6) is 5.75 Å². The van der Waals surface area contributed by atoms with Gasteiger partial charge in [-0.15, -0.1) is 11.6 Å². The molecule has 1 aromatic rings. The third kappa shape index (κ3) is 3.32. The molecular weight excluding hydrogens is 295 g/mol. The van der Waals surface area contributed by atoms with Crippen molar-refractivity contribution >= 4 is 39.3 Å². The second-order valence-corrected chi connectivity index (χ2v) is 3.93. The van der Waals surface area contributed by atoms with Gasteiger partial charge in [0.2, 0.25) is 0 Å². The fourth-order valence-corrected chi connectivity index (χ4v) is 1.72. The molecule has 0 saturated carbocycles. The van der Waals surface area contributed by atoms with E-state index in [-0.39, 0.29) is 17.0 Å². The summed E-state index contributed by atoms with van der Waals surface area (Å²) < 4.78 is 4.96. The molecule has 16 heavy (non-hydrogen) atoms. The zero-order chi connectivity index (χ0) is 12.1. The van der Waals surface area contributed by atoms with Crippen LogP contribution in [0.1, 0.15) is 22.8 Å². The normalized spacial score (nSPS) is 9.94. The van der Waals surface area contributed by atoms with E-state index in [2.05, 4.69) is 15.9 Å². The Kier molecular flexibility index (Phi) is 4.96. The molecule has 1 rings (SSSR count). The number of hydrogen-bond donors (Lipinski definition) is 0. The maximum Gasteiger partial charge on any atom is 0.308 e. The minimum Gasteiger partial charge on any atom is -0.426 e. The van der Waals surface area contributed by atoms with Gasteiger partial charge in [-0.05, 0) is 18.2 Å². The molecule has 0 atom stereocenters. The lowest BCUT2D eigenvalue weighted by Crippen LogP contribution is -2.06. The smallest absolute Gasteiger partial charge is 0.308 e. The highest BCUT2D eigenvalue weighted by Crippen LogP contribution is 2.22. The zero-order valence-corrected chi connectivity index (χ0v) is 11.0. The Bertz CT molecular complexity index is 418. The number of halogens is 2. The second kappa shape index (κ2) is 6.01. The number of ketones is 1. The number of rotatable bonds is 4. The SMILES string of the molecule is CC(=O)Oc1ccc(C(=O)CBr)cc1CCl. The lowest BCUT2D eigenvalue weighted by atomic mass is 10.1. The largest absolute Gasteiger partial charge is 0.426 e. The summed E-state index contributed by atoms with van der Waals surface area (Å²) in [5.74, 6) is 0.131. The average Bonchev–Trinajstić information content (AvgIpc) is 2.27. The van der Waals surface area contributed by atoms with E-state index in [1.165, 1.54) is 6.92 Å². The Morgan fingerprint density at radius 2 is 2.12 bits per heavy atom. The summed E-state index contributed by atoms with van der Waals surface area (Å²) in [7, 11) is 0. The monoisotopic (exact) mass is 304 g/mol. The first-order valence-electron chi connectivity index (χ1n) is 4.55. The number of Topliss-reactive ketones (excluding diaryl/α,β-unsaturated/α-hetero) is 1. The van der Waals surface area contributed by atoms with E-state index in [0.29, 0.717) is 16.9 Å². The van der Waals surface area contributed by atoms with Crippen LogP contribution in [0.3, 0.4) is 0 Å². The van der Waals surface area contributed by atoms with Crippen LogP contribution in [0.2, 0.25) is 0 Å². The molecule has 0 radical (unpaired) electrons. The maximum atomic E-state index is 11.4. The molecule has 0 heterocycles. The minimum absolute atomic E-state index is 0.0410. The van der Waals surface area contributed by atoms with Gasteiger partial charge in [-0.2, -0.15) is 0 Å². The van der Waals surface area contributed by atoms with Gasteiger partial charge in [0.15, 0.2) is 5.78 Å². The number of esters is 1. The molecule has 1 aromatic carbocycles. The Hall–Kier alpha value is -0.870. The molecule has 0 aliphatic heterocycles. The Morgan fingerprint density at radius 1 is 1.44 bits per heavy atom. The fraction of sp³-hybridized carbons (Fsp3) is 0.273. The van der Waals surface area contributed by atoms with E-state index in [9.17, 15) is 9.59 Å². The Labute approximate surface area is 107 Å². The van der Waals surface area contributed by atoms with Crippen molar-refractivity contribution in [2.45, 2.75) is 12.8 Å². The zero-order valence-electron chi connectivity index (χ0n) is 8.63. The van der Waals surface area contributed by atoms with Crippen LogP contribution in [-0.2, 0) is 10.7 Å². The molecule has 0 amide bonds. The molecule has 0 N–H and O–H groups in total. The van der Waals surface area contributed by atoms with Crippen LogP contribution >= 0.6 is 27.5 Å². The molecular formula is C11H10BrClO3. The second-order valence-electron chi connectivity index (χ2n) is 3.11. The maximum absolute atomic E-state index is 11.4. The van der Waals surface area contributed by atoms with E-state index in [1.807, 2.05) is 0 Å². The van der Waals surface area contributed by atoms with Crippen molar-refractivity contribution in [3.8, 4) is 5.75 Å². The summed E-state index contributed by atoms with van der Waals surface area (Å²) in [5, 5.41) is 0.252. The Morgan fingerprint density at radius 3 is 2.62 bits per heavy atom. The van der Waals surface area contributed by atoms with Gasteiger partial charge in [0, 0.05) is 18.1 Å². The van der Waals surface area contributed by atoms with Crippen molar-refractivity contribution in [1.29, 1.82) is 0 Å². The van der Waals surface area contributed by atoms with E-state index in [0.717, 1.165) is 0 Å². The van der Waals surface area contributed by atoms with Gasteiger partial charge < -0.3 is 4.74 Å². The van der Waals surface area contributed by atoms with Gasteiger partial charge in [0.25, 0.3) is 0 Å². The van der Waals surface area contributed by atoms with Gasteiger partial charge in [-0.25, -0.2) is 0 Å². The van der Waals surface area contributed by atoms with E-state index >= 15 is 0 Å². The topological polar surface area (TPSA) is 43.4 Å². The molecule has 0 aliphatic rings. The number of alkyl halides is 2. The molecule has 0 saturated heterocycles. The van der Waals surface area contributed by atoms with Crippen molar-refractivity contribution in [3.05, 3.63) is 29.3 Å². The third-order valence-electron chi connectivity index (χ3n) is 1.90. The van der Waals surface area contributed by atoms with Crippen molar-refractivity contribution in [2.24, 2.45) is 0 Å². The summed E-state index contributed by atoms with van der Waals surface area (Å²) in [6.45, 7) is 1.32. The first-order valence-corrected chi connectivity index (χ1v) is 6.20. The molecule has 0 unspecified atom stereocenters. The molecule has 0 aromatic heterocycles. The number of ether oxygens (including phenoxy) is 1. The van der Waals surface area contributed by atoms with Crippen LogP contribution < -0.4 is 4.74 Å². The average molecular weight is 306 g/mol. The number of carbonyl (C=O) groups excluding carboxylic acids is 2. The molecule has 0 fully saturated rings. The first kappa shape index (κ1) is 13.2. The van der Waals surface area contributed by atoms with Crippen molar-refractivity contribution in [1.82, 2.24) is 0 Å². The highest BCUT2D eigenvalue weighted by molar-refractivity contribution is 9.09. The van der Waals surface area contributed by atoms with Crippen LogP contribution in [0.15, 0.2) is 18.2 Å². The minimum atomic E-state index is -0.411. The quantitative estimate of drug-likeness (QED) is 0.372. The summed E-state index contributed by atoms with van der Waals surface area (Å²) in [4.78, 5) is 22.2. The fourth-order valence-electron chi connectivity index (χ4n) is 1.19. The van der Waals surface area contributed by atoms with Gasteiger partial charge in [-0.3, -0.25) is 9.59 Å². The van der Waals surface area contributed by atoms with Gasteiger partial charge in [0.1, 0.15) is 5.75 Å². The molecule has 3 nitrogen and oxygen atoms in total. The van der Waals surface area contributed by atoms with Crippen LogP contribution in [0.25, 0.3) is 0 Å². The van der Waals surface area contributed by atoms with Crippen LogP contribution in [0, 0.1) is 0 Å². The highest BCUT2D eigenvalue weighted by Gasteiger charge is 2.10. The van der Waals surface area contributed by atoms with Crippen LogP contribution in [0.4, 0.5) is 0 Å². The van der Waals surface area contributed by atoms with Gasteiger partial charge in [-0.1, -0.05) is 15.9 Å². The van der Waals surface area contributed by atoms with Crippen molar-refractivity contribution in [3.63, 3.8) is 0 Å².